The Morgan fingerprint density at radius 3 is 2.22 bits per heavy atom. The van der Waals surface area contributed by atoms with E-state index in [4.69, 9.17) is 9.44 Å². The highest BCUT2D eigenvalue weighted by Gasteiger charge is 2.38. The lowest BCUT2D eigenvalue weighted by atomic mass is 9.98. The Labute approximate surface area is 140 Å². The van der Waals surface area contributed by atoms with Gasteiger partial charge >= 0.3 is 0 Å². The fourth-order valence-corrected chi connectivity index (χ4v) is 3.44. The van der Waals surface area contributed by atoms with Gasteiger partial charge in [0.15, 0.2) is 8.32 Å². The highest BCUT2D eigenvalue weighted by Crippen LogP contribution is 2.42. The van der Waals surface area contributed by atoms with E-state index in [1.807, 2.05) is 33.0 Å². The van der Waals surface area contributed by atoms with Crippen LogP contribution >= 0.6 is 0 Å². The number of nitrogens with zero attached hydrogens (tertiary/aromatic N) is 1. The van der Waals surface area contributed by atoms with Gasteiger partial charge in [0.1, 0.15) is 6.10 Å². The lowest BCUT2D eigenvalue weighted by Gasteiger charge is -2.36. The van der Waals surface area contributed by atoms with E-state index in [0.717, 1.165) is 6.26 Å². The first-order chi connectivity index (χ1) is 10.4. The van der Waals surface area contributed by atoms with E-state index >= 15 is 0 Å². The van der Waals surface area contributed by atoms with Crippen LogP contribution in [0.4, 0.5) is 0 Å². The monoisotopic (exact) mass is 355 g/mol. The maximum absolute atomic E-state index is 11.5. The summed E-state index contributed by atoms with van der Waals surface area (Å²) in [5, 5.41) is 8.59. The molecule has 0 spiro atoms. The Morgan fingerprint density at radius 2 is 1.83 bits per heavy atom. The van der Waals surface area contributed by atoms with Crippen molar-refractivity contribution in [1.82, 2.24) is 0 Å². The molecule has 0 aliphatic rings. The van der Waals surface area contributed by atoms with Crippen molar-refractivity contribution in [2.24, 2.45) is 0 Å². The molecule has 0 aromatic heterocycles. The van der Waals surface area contributed by atoms with Gasteiger partial charge in [-0.3, -0.25) is 4.18 Å². The van der Waals surface area contributed by atoms with Crippen molar-refractivity contribution in [1.29, 1.82) is 5.26 Å². The lowest BCUT2D eigenvalue weighted by molar-refractivity contribution is 0.194. The van der Waals surface area contributed by atoms with E-state index in [-0.39, 0.29) is 5.04 Å². The molecule has 1 atom stereocenters. The van der Waals surface area contributed by atoms with Crippen molar-refractivity contribution in [3.05, 3.63) is 35.4 Å². The molecule has 0 aliphatic carbocycles. The average molecular weight is 356 g/mol. The predicted octanol–water partition coefficient (Wildman–Crippen LogP) is 3.33. The molecule has 7 heteroatoms. The third-order valence-corrected chi connectivity index (χ3v) is 8.53. The van der Waals surface area contributed by atoms with Gasteiger partial charge < -0.3 is 4.80 Å². The molecule has 1 N–H and O–H groups in total. The van der Waals surface area contributed by atoms with Crippen LogP contribution in [0.15, 0.2) is 24.3 Å². The average Bonchev–Trinajstić information content (AvgIpc) is 2.41. The fourth-order valence-electron chi connectivity index (χ4n) is 2.05. The summed E-state index contributed by atoms with van der Waals surface area (Å²) in [7, 11) is -5.98. The SMILES string of the molecule is CC(C)(CC[C@H](OS(C)(=O)=O)c1ccc(C#N)cc1)[Si](C)(C)O. The van der Waals surface area contributed by atoms with Gasteiger partial charge in [-0.15, -0.1) is 0 Å². The Morgan fingerprint density at radius 1 is 1.30 bits per heavy atom. The Balaban J connectivity index is 3.00. The molecule has 0 bridgehead atoms. The lowest BCUT2D eigenvalue weighted by Crippen LogP contribution is -2.39. The van der Waals surface area contributed by atoms with E-state index in [1.165, 1.54) is 0 Å². The van der Waals surface area contributed by atoms with Gasteiger partial charge in [-0.1, -0.05) is 26.0 Å². The number of nitriles is 1. The van der Waals surface area contributed by atoms with E-state index in [0.29, 0.717) is 24.0 Å². The summed E-state index contributed by atoms with van der Waals surface area (Å²) in [5.74, 6) is 0. The zero-order chi connectivity index (χ0) is 17.9. The second kappa shape index (κ2) is 7.14. The molecule has 0 saturated carbocycles. The molecule has 23 heavy (non-hydrogen) atoms. The minimum absolute atomic E-state index is 0.265. The molecule has 1 rings (SSSR count). The van der Waals surface area contributed by atoms with Gasteiger partial charge in [-0.2, -0.15) is 13.7 Å². The maximum atomic E-state index is 11.5. The molecule has 0 heterocycles. The molecule has 5 nitrogen and oxygen atoms in total. The fraction of sp³-hybridized carbons (Fsp3) is 0.562. The van der Waals surface area contributed by atoms with Crippen LogP contribution in [0.5, 0.6) is 0 Å². The van der Waals surface area contributed by atoms with Gasteiger partial charge in [-0.05, 0) is 48.7 Å². The van der Waals surface area contributed by atoms with E-state index in [9.17, 15) is 13.2 Å². The van der Waals surface area contributed by atoms with Crippen LogP contribution in [-0.4, -0.2) is 27.8 Å². The van der Waals surface area contributed by atoms with Crippen molar-refractivity contribution in [3.8, 4) is 6.07 Å². The Bertz CT molecular complexity index is 670. The molecule has 0 radical (unpaired) electrons. The topological polar surface area (TPSA) is 87.4 Å². The van der Waals surface area contributed by atoms with Gasteiger partial charge in [0.05, 0.1) is 17.9 Å². The minimum atomic E-state index is -3.61. The molecule has 0 amide bonds. The van der Waals surface area contributed by atoms with Crippen molar-refractivity contribution in [3.63, 3.8) is 0 Å². The van der Waals surface area contributed by atoms with Crippen LogP contribution in [0.25, 0.3) is 0 Å². The first-order valence-corrected chi connectivity index (χ1v) is 12.2. The van der Waals surface area contributed by atoms with E-state index in [2.05, 4.69) is 0 Å². The van der Waals surface area contributed by atoms with Crippen LogP contribution < -0.4 is 0 Å². The quantitative estimate of drug-likeness (QED) is 0.599. The summed E-state index contributed by atoms with van der Waals surface area (Å²) in [6.07, 6.45) is 1.53. The first-order valence-electron chi connectivity index (χ1n) is 7.46. The minimum Gasteiger partial charge on any atom is -0.432 e. The molecule has 1 aromatic carbocycles. The summed E-state index contributed by atoms with van der Waals surface area (Å²) >= 11 is 0. The number of benzene rings is 1. The first kappa shape index (κ1) is 19.8. The van der Waals surface area contributed by atoms with Crippen molar-refractivity contribution >= 4 is 18.4 Å². The van der Waals surface area contributed by atoms with Crippen LogP contribution in [0.2, 0.25) is 18.1 Å². The van der Waals surface area contributed by atoms with E-state index in [1.54, 1.807) is 24.3 Å². The standard InChI is InChI=1S/C16H25NO4SSi/c1-16(2,23(4,5)20)11-10-15(21-22(3,18)19)14-8-6-13(12-17)7-9-14/h6-9,15,20H,10-11H2,1-5H3/t15-/m0/s1. The second-order valence-corrected chi connectivity index (χ2v) is 13.1. The number of hydrogen-bond acceptors (Lipinski definition) is 5. The summed E-state index contributed by atoms with van der Waals surface area (Å²) in [4.78, 5) is 10.4. The third kappa shape index (κ3) is 6.07. The Kier molecular flexibility index (Phi) is 6.16. The number of hydrogen-bond donors (Lipinski definition) is 1. The van der Waals surface area contributed by atoms with Gasteiger partial charge in [0, 0.05) is 0 Å². The molecule has 128 valence electrons. The maximum Gasteiger partial charge on any atom is 0.264 e. The van der Waals surface area contributed by atoms with Gasteiger partial charge in [-0.25, -0.2) is 0 Å². The van der Waals surface area contributed by atoms with Crippen LogP contribution in [0.1, 0.15) is 43.9 Å². The molecule has 0 saturated heterocycles. The molecule has 1 aromatic rings. The van der Waals surface area contributed by atoms with Crippen LogP contribution in [0, 0.1) is 11.3 Å². The molecule has 0 aliphatic heterocycles. The summed E-state index contributed by atoms with van der Waals surface area (Å²) in [5.41, 5.74) is 1.22. The van der Waals surface area contributed by atoms with Gasteiger partial charge in [0.25, 0.3) is 10.1 Å². The zero-order valence-corrected chi connectivity index (χ0v) is 16.1. The van der Waals surface area contributed by atoms with Crippen molar-refractivity contribution < 1.29 is 17.4 Å². The van der Waals surface area contributed by atoms with Crippen molar-refractivity contribution in [2.45, 2.75) is 50.9 Å². The zero-order valence-electron chi connectivity index (χ0n) is 14.3. The normalized spacial score (nSPS) is 14.3. The summed E-state index contributed by atoms with van der Waals surface area (Å²) in [6, 6.07) is 8.74. The smallest absolute Gasteiger partial charge is 0.264 e. The third-order valence-electron chi connectivity index (χ3n) is 4.39. The largest absolute Gasteiger partial charge is 0.432 e. The van der Waals surface area contributed by atoms with Crippen LogP contribution in [0.3, 0.4) is 0 Å². The summed E-state index contributed by atoms with van der Waals surface area (Å²) < 4.78 is 28.3. The summed E-state index contributed by atoms with van der Waals surface area (Å²) in [6.45, 7) is 7.74. The molecular weight excluding hydrogens is 330 g/mol. The molecular formula is C16H25NO4SSi. The Hall–Kier alpha value is -1.20. The highest BCUT2D eigenvalue weighted by molar-refractivity contribution is 7.86. The second-order valence-electron chi connectivity index (χ2n) is 7.00. The van der Waals surface area contributed by atoms with Crippen molar-refractivity contribution in [2.75, 3.05) is 6.26 Å². The highest BCUT2D eigenvalue weighted by atomic mass is 32.2. The predicted molar refractivity (Wildman–Crippen MR) is 92.8 cm³/mol. The molecule has 0 unspecified atom stereocenters. The van der Waals surface area contributed by atoms with Gasteiger partial charge in [0.2, 0.25) is 0 Å². The van der Waals surface area contributed by atoms with Crippen LogP contribution in [-0.2, 0) is 14.3 Å². The molecule has 0 fully saturated rings. The van der Waals surface area contributed by atoms with E-state index < -0.39 is 24.5 Å². The number of rotatable bonds is 7.